The third-order valence-corrected chi connectivity index (χ3v) is 0.773. The fraction of sp³-hybridized carbons (Fsp3) is 0.600. The van der Waals surface area contributed by atoms with Crippen LogP contribution in [0.5, 0.6) is 0 Å². The Morgan fingerprint density at radius 2 is 1.71 bits per heavy atom. The van der Waals surface area contributed by atoms with Crippen LogP contribution in [0.2, 0.25) is 0 Å². The Bertz CT molecular complexity index is 171. The molecule has 0 aromatic heterocycles. The minimum atomic E-state index is -2.17. The van der Waals surface area contributed by atoms with Gasteiger partial charge in [0, 0.05) is 0 Å². The molecule has 0 amide bonds. The van der Waals surface area contributed by atoms with Gasteiger partial charge in [0.15, 0.2) is 0 Å². The van der Waals surface area contributed by atoms with Crippen LogP contribution in [0, 0.1) is 0 Å². The van der Waals surface area contributed by atoms with Gasteiger partial charge in [-0.05, 0) is 0 Å². The van der Waals surface area contributed by atoms with Gasteiger partial charge < -0.3 is 24.9 Å². The van der Waals surface area contributed by atoms with E-state index in [0.717, 1.165) is 0 Å². The minimum Gasteiger partial charge on any atom is -0.480 e. The molecule has 5 N–H and O–H groups in total. The van der Waals surface area contributed by atoms with E-state index in [1.54, 1.807) is 0 Å². The van der Waals surface area contributed by atoms with Gasteiger partial charge in [-0.1, -0.05) is 0 Å². The number of nitrogens with one attached hydrogen (secondary N) is 1. The summed E-state index contributed by atoms with van der Waals surface area (Å²) in [6, 6.07) is 0. The summed E-state index contributed by atoms with van der Waals surface area (Å²) in [5.41, 5.74) is 0. The number of aliphatic carboxylic acids is 1. The second-order valence-corrected chi connectivity index (χ2v) is 1.92. The summed E-state index contributed by atoms with van der Waals surface area (Å²) in [5.74, 6) is -1.47. The summed E-state index contributed by atoms with van der Waals surface area (Å²) in [6.07, 6.45) is 0. The second kappa shape index (κ2) is 9.93. The molecular weight excluding hydrogens is 197 g/mol. The fourth-order valence-electron chi connectivity index (χ4n) is 0.344. The van der Waals surface area contributed by atoms with Crippen molar-refractivity contribution in [2.24, 2.45) is 0 Å². The molecule has 0 aliphatic heterocycles. The Kier molecular flexibility index (Phi) is 10.9. The Morgan fingerprint density at radius 3 is 2.00 bits per heavy atom. The molecule has 0 saturated carbocycles. The lowest BCUT2D eigenvalue weighted by molar-refractivity contribution is -0.140. The quantitative estimate of drug-likeness (QED) is 0.241. The molecule has 0 aromatic rings. The summed E-state index contributed by atoms with van der Waals surface area (Å²) < 4.78 is 4.24. The molecule has 0 bridgehead atoms. The van der Waals surface area contributed by atoms with Crippen LogP contribution in [0.4, 0.5) is 0 Å². The van der Waals surface area contributed by atoms with Crippen molar-refractivity contribution < 1.29 is 34.5 Å². The first-order valence-electron chi connectivity index (χ1n) is 3.43. The first-order chi connectivity index (χ1) is 6.40. The highest BCUT2D eigenvalue weighted by Gasteiger charge is 2.00. The van der Waals surface area contributed by atoms with Gasteiger partial charge in [0.2, 0.25) is 0 Å². The summed E-state index contributed by atoms with van der Waals surface area (Å²) in [7, 11) is -0.926. The van der Waals surface area contributed by atoms with Crippen molar-refractivity contribution in [3.05, 3.63) is 0 Å². The predicted octanol–water partition coefficient (Wildman–Crippen LogP) is -3.22. The van der Waals surface area contributed by atoms with Crippen LogP contribution < -0.4 is 5.32 Å². The number of ether oxygens (including phenoxy) is 1. The summed E-state index contributed by atoms with van der Waals surface area (Å²) >= 11 is 0. The zero-order valence-corrected chi connectivity index (χ0v) is 7.51. The average Bonchev–Trinajstić information content (AvgIpc) is 2.02. The van der Waals surface area contributed by atoms with Crippen LogP contribution in [0.15, 0.2) is 0 Å². The lowest BCUT2D eigenvalue weighted by atomic mass is 10.3. The number of esters is 1. The molecule has 82 valence electrons. The standard InChI is InChI=1S/C5H9NO4.BH3O3/c1-10-5(9)3-6-2-4(7)8;2-1(3)4/h6H,2-3H2,1H3,(H,7,8);2-4H. The van der Waals surface area contributed by atoms with Gasteiger partial charge in [-0.2, -0.15) is 0 Å². The molecule has 0 spiro atoms. The fourth-order valence-corrected chi connectivity index (χ4v) is 0.344. The Labute approximate surface area is 80.3 Å². The number of carbonyl (C=O) groups is 2. The average molecular weight is 209 g/mol. The molecule has 0 rings (SSSR count). The van der Waals surface area contributed by atoms with E-state index in [-0.39, 0.29) is 13.1 Å². The monoisotopic (exact) mass is 209 g/mol. The van der Waals surface area contributed by atoms with Crippen LogP contribution in [0.25, 0.3) is 0 Å². The predicted molar refractivity (Wildman–Crippen MR) is 44.9 cm³/mol. The van der Waals surface area contributed by atoms with Crippen molar-refractivity contribution in [3.63, 3.8) is 0 Å². The normalized spacial score (nSPS) is 8.29. The number of carboxylic acids is 1. The lowest BCUT2D eigenvalue weighted by Gasteiger charge is -1.97. The summed E-state index contributed by atoms with van der Waals surface area (Å²) in [4.78, 5) is 20.2. The lowest BCUT2D eigenvalue weighted by Crippen LogP contribution is -2.28. The molecule has 0 radical (unpaired) electrons. The zero-order valence-electron chi connectivity index (χ0n) is 7.51. The van der Waals surface area contributed by atoms with Gasteiger partial charge in [-0.25, -0.2) is 0 Å². The van der Waals surface area contributed by atoms with Crippen molar-refractivity contribution in [2.45, 2.75) is 0 Å². The molecular formula is C5H12BNO7. The largest absolute Gasteiger partial charge is 0.631 e. The molecule has 9 heteroatoms. The van der Waals surface area contributed by atoms with Gasteiger partial charge in [0.05, 0.1) is 20.2 Å². The van der Waals surface area contributed by atoms with Crippen LogP contribution in [-0.2, 0) is 14.3 Å². The third-order valence-electron chi connectivity index (χ3n) is 0.773. The molecule has 0 aliphatic carbocycles. The number of carboxylic acid groups (broad SMARTS) is 1. The first-order valence-corrected chi connectivity index (χ1v) is 3.43. The molecule has 0 unspecified atom stereocenters. The molecule has 0 aromatic carbocycles. The number of hydrogen-bond donors (Lipinski definition) is 5. The van der Waals surface area contributed by atoms with Crippen molar-refractivity contribution >= 4 is 19.3 Å². The second-order valence-electron chi connectivity index (χ2n) is 1.92. The minimum absolute atomic E-state index is 0.0667. The van der Waals surface area contributed by atoms with Crippen LogP contribution in [0.1, 0.15) is 0 Å². The molecule has 8 nitrogen and oxygen atoms in total. The smallest absolute Gasteiger partial charge is 0.480 e. The van der Waals surface area contributed by atoms with E-state index >= 15 is 0 Å². The van der Waals surface area contributed by atoms with Crippen molar-refractivity contribution in [2.75, 3.05) is 20.2 Å². The van der Waals surface area contributed by atoms with E-state index < -0.39 is 19.3 Å². The van der Waals surface area contributed by atoms with E-state index in [2.05, 4.69) is 10.1 Å². The van der Waals surface area contributed by atoms with Crippen molar-refractivity contribution in [3.8, 4) is 0 Å². The first kappa shape index (κ1) is 15.3. The third kappa shape index (κ3) is 22.4. The van der Waals surface area contributed by atoms with Crippen LogP contribution in [0.3, 0.4) is 0 Å². The maximum atomic E-state index is 10.3. The highest BCUT2D eigenvalue weighted by atomic mass is 16.5. The Balaban J connectivity index is 0. The number of rotatable bonds is 4. The molecule has 0 heterocycles. The summed E-state index contributed by atoms with van der Waals surface area (Å²) in [6.45, 7) is -0.294. The molecule has 14 heavy (non-hydrogen) atoms. The SMILES string of the molecule is COC(=O)CNCC(=O)O.OB(O)O. The number of methoxy groups -OCH3 is 1. The Morgan fingerprint density at radius 1 is 1.29 bits per heavy atom. The van der Waals surface area contributed by atoms with Gasteiger partial charge >= 0.3 is 19.3 Å². The Hall–Kier alpha value is -1.16. The van der Waals surface area contributed by atoms with Crippen LogP contribution >= 0.6 is 0 Å². The highest BCUT2D eigenvalue weighted by molar-refractivity contribution is 6.30. The number of carbonyl (C=O) groups excluding carboxylic acids is 1. The molecule has 0 fully saturated rings. The maximum absolute atomic E-state index is 10.3. The van der Waals surface area contributed by atoms with E-state index in [0.29, 0.717) is 0 Å². The molecule has 0 atom stereocenters. The summed E-state index contributed by atoms with van der Waals surface area (Å²) in [5, 5.41) is 31.9. The van der Waals surface area contributed by atoms with E-state index in [9.17, 15) is 9.59 Å². The van der Waals surface area contributed by atoms with Gasteiger partial charge in [0.25, 0.3) is 0 Å². The maximum Gasteiger partial charge on any atom is 0.631 e. The highest BCUT2D eigenvalue weighted by Crippen LogP contribution is 1.68. The van der Waals surface area contributed by atoms with Gasteiger partial charge in [-0.3, -0.25) is 14.9 Å². The molecule has 0 aliphatic rings. The van der Waals surface area contributed by atoms with E-state index in [1.807, 2.05) is 0 Å². The van der Waals surface area contributed by atoms with Crippen molar-refractivity contribution in [1.82, 2.24) is 5.32 Å². The van der Waals surface area contributed by atoms with Crippen LogP contribution in [-0.4, -0.2) is 59.6 Å². The van der Waals surface area contributed by atoms with E-state index in [1.165, 1.54) is 7.11 Å². The van der Waals surface area contributed by atoms with Gasteiger partial charge in [-0.15, -0.1) is 0 Å². The van der Waals surface area contributed by atoms with Crippen molar-refractivity contribution in [1.29, 1.82) is 0 Å². The van der Waals surface area contributed by atoms with E-state index in [4.69, 9.17) is 20.2 Å². The number of hydrogen-bond acceptors (Lipinski definition) is 7. The zero-order chi connectivity index (χ0) is 11.6. The molecule has 0 saturated heterocycles. The topological polar surface area (TPSA) is 136 Å². The van der Waals surface area contributed by atoms with Gasteiger partial charge in [0.1, 0.15) is 0 Å².